The summed E-state index contributed by atoms with van der Waals surface area (Å²) in [6.07, 6.45) is 1.73. The molecule has 1 fully saturated rings. The van der Waals surface area contributed by atoms with Crippen LogP contribution in [-0.4, -0.2) is 43.5 Å². The number of tetrazole rings is 1. The lowest BCUT2D eigenvalue weighted by Crippen LogP contribution is -2.30. The molecule has 1 aliphatic heterocycles. The van der Waals surface area contributed by atoms with Gasteiger partial charge in [-0.3, -0.25) is 9.59 Å². The van der Waals surface area contributed by atoms with Crippen molar-refractivity contribution in [2.24, 2.45) is 5.92 Å². The molecule has 8 heteroatoms. The molecule has 28 heavy (non-hydrogen) atoms. The number of carbonyl (C=O) groups is 2. The molecule has 2 heterocycles. The first-order chi connectivity index (χ1) is 13.6. The molecular formula is C20H20N6O2. The van der Waals surface area contributed by atoms with Crippen LogP contribution >= 0.6 is 0 Å². The Hall–Kier alpha value is -3.55. The summed E-state index contributed by atoms with van der Waals surface area (Å²) in [5.74, 6) is -0.505. The van der Waals surface area contributed by atoms with Gasteiger partial charge in [0.25, 0.3) is 0 Å². The first-order valence-electron chi connectivity index (χ1n) is 9.10. The average molecular weight is 376 g/mol. The number of aromatic nitrogens is 4. The van der Waals surface area contributed by atoms with Gasteiger partial charge in [0.15, 0.2) is 0 Å². The number of anilines is 1. The van der Waals surface area contributed by atoms with E-state index in [9.17, 15) is 9.59 Å². The van der Waals surface area contributed by atoms with Gasteiger partial charge < -0.3 is 10.2 Å². The van der Waals surface area contributed by atoms with E-state index in [1.807, 2.05) is 49.4 Å². The third-order valence-electron chi connectivity index (χ3n) is 5.03. The molecule has 1 saturated heterocycles. The maximum Gasteiger partial charge on any atom is 0.229 e. The lowest BCUT2D eigenvalue weighted by Gasteiger charge is -2.25. The molecule has 0 aliphatic carbocycles. The average Bonchev–Trinajstić information content (AvgIpc) is 3.39. The zero-order valence-electron chi connectivity index (χ0n) is 15.4. The minimum Gasteiger partial charge on any atom is -0.335 e. The second-order valence-electron chi connectivity index (χ2n) is 6.82. The summed E-state index contributed by atoms with van der Waals surface area (Å²) in [5, 5.41) is 13.9. The summed E-state index contributed by atoms with van der Waals surface area (Å²) in [6.45, 7) is 2.41. The third-order valence-corrected chi connectivity index (χ3v) is 5.03. The SMILES string of the molecule is C[C@@H](c1ccccc1)N1C[C@@H](C(=O)Nc2ccc(-n3cnnn3)cc2)CC1=O. The monoisotopic (exact) mass is 376 g/mol. The zero-order valence-corrected chi connectivity index (χ0v) is 15.4. The molecule has 0 bridgehead atoms. The van der Waals surface area contributed by atoms with Crippen LogP contribution in [0, 0.1) is 5.92 Å². The van der Waals surface area contributed by atoms with E-state index < -0.39 is 0 Å². The fourth-order valence-electron chi connectivity index (χ4n) is 3.41. The number of hydrogen-bond acceptors (Lipinski definition) is 5. The van der Waals surface area contributed by atoms with E-state index in [4.69, 9.17) is 0 Å². The summed E-state index contributed by atoms with van der Waals surface area (Å²) in [4.78, 5) is 26.9. The Morgan fingerprint density at radius 3 is 2.57 bits per heavy atom. The van der Waals surface area contributed by atoms with Crippen LogP contribution in [0.2, 0.25) is 0 Å². The second kappa shape index (κ2) is 7.59. The molecule has 0 spiro atoms. The molecule has 2 atom stereocenters. The van der Waals surface area contributed by atoms with Crippen LogP contribution < -0.4 is 5.32 Å². The predicted molar refractivity (Wildman–Crippen MR) is 102 cm³/mol. The van der Waals surface area contributed by atoms with Crippen molar-refractivity contribution < 1.29 is 9.59 Å². The number of amides is 2. The van der Waals surface area contributed by atoms with Crippen molar-refractivity contribution in [3.63, 3.8) is 0 Å². The summed E-state index contributed by atoms with van der Waals surface area (Å²) in [6, 6.07) is 17.0. The Bertz CT molecular complexity index is 956. The lowest BCUT2D eigenvalue weighted by atomic mass is 10.1. The highest BCUT2D eigenvalue weighted by atomic mass is 16.2. The molecule has 2 amide bonds. The number of benzene rings is 2. The summed E-state index contributed by atoms with van der Waals surface area (Å²) < 4.78 is 1.53. The number of rotatable bonds is 5. The summed E-state index contributed by atoms with van der Waals surface area (Å²) >= 11 is 0. The van der Waals surface area contributed by atoms with E-state index in [2.05, 4.69) is 20.8 Å². The summed E-state index contributed by atoms with van der Waals surface area (Å²) in [5.41, 5.74) is 2.53. The molecule has 0 unspecified atom stereocenters. The predicted octanol–water partition coefficient (Wildman–Crippen LogP) is 2.21. The first-order valence-corrected chi connectivity index (χ1v) is 9.10. The van der Waals surface area contributed by atoms with Gasteiger partial charge >= 0.3 is 0 Å². The van der Waals surface area contributed by atoms with Crippen molar-refractivity contribution in [2.45, 2.75) is 19.4 Å². The van der Waals surface area contributed by atoms with Gasteiger partial charge in [-0.2, -0.15) is 0 Å². The standard InChI is InChI=1S/C20H20N6O2/c1-14(15-5-3-2-4-6-15)25-12-16(11-19(25)27)20(28)22-17-7-9-18(10-8-17)26-13-21-23-24-26/h2-10,13-14,16H,11-12H2,1H3,(H,22,28)/t14-,16-/m0/s1. The van der Waals surface area contributed by atoms with Crippen LogP contribution in [-0.2, 0) is 9.59 Å². The van der Waals surface area contributed by atoms with Gasteiger partial charge in [0, 0.05) is 18.7 Å². The third kappa shape index (κ3) is 3.62. The molecule has 0 radical (unpaired) electrons. The molecule has 1 N–H and O–H groups in total. The number of nitrogens with one attached hydrogen (secondary N) is 1. The zero-order chi connectivity index (χ0) is 19.5. The highest BCUT2D eigenvalue weighted by Crippen LogP contribution is 2.29. The topological polar surface area (TPSA) is 93.0 Å². The van der Waals surface area contributed by atoms with Crippen molar-refractivity contribution >= 4 is 17.5 Å². The van der Waals surface area contributed by atoms with E-state index >= 15 is 0 Å². The van der Waals surface area contributed by atoms with Crippen molar-refractivity contribution in [3.05, 3.63) is 66.5 Å². The van der Waals surface area contributed by atoms with Crippen molar-refractivity contribution in [1.29, 1.82) is 0 Å². The fraction of sp³-hybridized carbons (Fsp3) is 0.250. The largest absolute Gasteiger partial charge is 0.335 e. The van der Waals surface area contributed by atoms with Crippen LogP contribution in [0.4, 0.5) is 5.69 Å². The Morgan fingerprint density at radius 2 is 1.89 bits per heavy atom. The molecule has 4 rings (SSSR count). The molecule has 1 aromatic heterocycles. The van der Waals surface area contributed by atoms with Gasteiger partial charge in [-0.25, -0.2) is 4.68 Å². The molecule has 3 aromatic rings. The normalized spacial score (nSPS) is 17.5. The lowest BCUT2D eigenvalue weighted by molar-refractivity contribution is -0.129. The maximum absolute atomic E-state index is 12.7. The molecule has 8 nitrogen and oxygen atoms in total. The Morgan fingerprint density at radius 1 is 1.14 bits per heavy atom. The van der Waals surface area contributed by atoms with E-state index in [1.165, 1.54) is 11.0 Å². The quantitative estimate of drug-likeness (QED) is 0.737. The van der Waals surface area contributed by atoms with E-state index in [1.54, 1.807) is 17.0 Å². The van der Waals surface area contributed by atoms with E-state index in [0.717, 1.165) is 11.3 Å². The number of likely N-dealkylation sites (tertiary alicyclic amines) is 1. The van der Waals surface area contributed by atoms with E-state index in [-0.39, 0.29) is 30.2 Å². The van der Waals surface area contributed by atoms with Gasteiger partial charge in [-0.05, 0) is 47.2 Å². The Kier molecular flexibility index (Phi) is 4.84. The fourth-order valence-corrected chi connectivity index (χ4v) is 3.41. The Labute approximate surface area is 162 Å². The Balaban J connectivity index is 1.39. The van der Waals surface area contributed by atoms with Gasteiger partial charge in [0.2, 0.25) is 11.8 Å². The van der Waals surface area contributed by atoms with Gasteiger partial charge in [-0.1, -0.05) is 30.3 Å². The van der Waals surface area contributed by atoms with Crippen LogP contribution in [0.1, 0.15) is 24.9 Å². The van der Waals surface area contributed by atoms with Crippen molar-refractivity contribution in [3.8, 4) is 5.69 Å². The highest BCUT2D eigenvalue weighted by Gasteiger charge is 2.37. The highest BCUT2D eigenvalue weighted by molar-refractivity contribution is 5.97. The number of nitrogens with zero attached hydrogens (tertiary/aromatic N) is 5. The minimum atomic E-state index is -0.363. The maximum atomic E-state index is 12.7. The van der Waals surface area contributed by atoms with Crippen LogP contribution in [0.5, 0.6) is 0 Å². The number of carbonyl (C=O) groups excluding carboxylic acids is 2. The van der Waals surface area contributed by atoms with Crippen LogP contribution in [0.3, 0.4) is 0 Å². The smallest absolute Gasteiger partial charge is 0.229 e. The van der Waals surface area contributed by atoms with Gasteiger partial charge in [0.05, 0.1) is 17.6 Å². The summed E-state index contributed by atoms with van der Waals surface area (Å²) in [7, 11) is 0. The van der Waals surface area contributed by atoms with Gasteiger partial charge in [-0.15, -0.1) is 5.10 Å². The second-order valence-corrected chi connectivity index (χ2v) is 6.82. The van der Waals surface area contributed by atoms with Gasteiger partial charge in [0.1, 0.15) is 6.33 Å². The van der Waals surface area contributed by atoms with Crippen LogP contribution in [0.25, 0.3) is 5.69 Å². The van der Waals surface area contributed by atoms with Crippen LogP contribution in [0.15, 0.2) is 60.9 Å². The van der Waals surface area contributed by atoms with Crippen molar-refractivity contribution in [1.82, 2.24) is 25.1 Å². The van der Waals surface area contributed by atoms with Crippen molar-refractivity contribution in [2.75, 3.05) is 11.9 Å². The number of hydrogen-bond donors (Lipinski definition) is 1. The molecule has 2 aromatic carbocycles. The molecule has 142 valence electrons. The minimum absolute atomic E-state index is 0.00512. The molecular weight excluding hydrogens is 356 g/mol. The van der Waals surface area contributed by atoms with E-state index in [0.29, 0.717) is 12.2 Å². The molecule has 0 saturated carbocycles. The first kappa shape index (κ1) is 17.8. The molecule has 1 aliphatic rings.